The number of aliphatic hydroxyl groups is 1. The molecule has 1 N–H and O–H groups in total. The first-order chi connectivity index (χ1) is 26.5. The third-order valence-electron chi connectivity index (χ3n) is 9.63. The predicted molar refractivity (Wildman–Crippen MR) is 215 cm³/mol. The molecule has 0 bridgehead atoms. The summed E-state index contributed by atoms with van der Waals surface area (Å²) in [7, 11) is 4.11. The molecule has 0 amide bonds. The molecule has 2 aromatic carbocycles. The molecule has 0 aliphatic carbocycles. The summed E-state index contributed by atoms with van der Waals surface area (Å²) >= 11 is 0. The summed E-state index contributed by atoms with van der Waals surface area (Å²) in [6.45, 7) is 9.32. The van der Waals surface area contributed by atoms with Crippen molar-refractivity contribution in [3.63, 3.8) is 0 Å². The van der Waals surface area contributed by atoms with Gasteiger partial charge in [0.25, 0.3) is 11.1 Å². The third kappa shape index (κ3) is 14.1. The summed E-state index contributed by atoms with van der Waals surface area (Å²) in [5, 5.41) is 9.11. The van der Waals surface area contributed by atoms with Crippen LogP contribution in [0.15, 0.2) is 70.5 Å². The van der Waals surface area contributed by atoms with Crippen LogP contribution in [-0.2, 0) is 35.5 Å². The first kappa shape index (κ1) is 47.5. The monoisotopic (exact) mass is 797 g/mol. The molecule has 2 saturated heterocycles. The van der Waals surface area contributed by atoms with Crippen molar-refractivity contribution in [2.24, 2.45) is 0 Å². The van der Waals surface area contributed by atoms with Crippen LogP contribution in [0.5, 0.6) is 0 Å². The molecular formula is C40H53BF2N8NaO5. The maximum Gasteiger partial charge on any atom is 1.00 e. The number of esters is 1. The van der Waals surface area contributed by atoms with Gasteiger partial charge in [0.15, 0.2) is 11.6 Å². The van der Waals surface area contributed by atoms with Crippen LogP contribution in [0, 0.1) is 11.6 Å². The van der Waals surface area contributed by atoms with Gasteiger partial charge in [-0.15, -0.1) is 0 Å². The van der Waals surface area contributed by atoms with Gasteiger partial charge in [0.05, 0.1) is 37.5 Å². The number of rotatable bonds is 13. The fourth-order valence-corrected chi connectivity index (χ4v) is 6.38. The topological polar surface area (TPSA) is 129 Å². The van der Waals surface area contributed by atoms with E-state index in [0.717, 1.165) is 69.2 Å². The van der Waals surface area contributed by atoms with Gasteiger partial charge in [-0.2, -0.15) is 0 Å². The van der Waals surface area contributed by atoms with Crippen LogP contribution >= 0.6 is 0 Å². The Bertz CT molecular complexity index is 1980. The molecule has 301 valence electrons. The average molecular weight is 798 g/mol. The zero-order valence-corrected chi connectivity index (χ0v) is 35.6. The second-order valence-electron chi connectivity index (χ2n) is 13.9. The zero-order chi connectivity index (χ0) is 39.3. The van der Waals surface area contributed by atoms with E-state index < -0.39 is 0 Å². The number of nitrogens with zero attached hydrogens (tertiary/aromatic N) is 8. The normalized spacial score (nSPS) is 14.6. The first-order valence-electron chi connectivity index (χ1n) is 18.9. The number of ether oxygens (including phenoxy) is 1. The number of hydrogen-bond acceptors (Lipinski definition) is 11. The van der Waals surface area contributed by atoms with Gasteiger partial charge in [-0.25, -0.2) is 18.7 Å². The minimum atomic E-state index is -0.316. The summed E-state index contributed by atoms with van der Waals surface area (Å²) < 4.78 is 34.6. The van der Waals surface area contributed by atoms with Gasteiger partial charge < -0.3 is 40.0 Å². The number of benzene rings is 2. The van der Waals surface area contributed by atoms with Crippen molar-refractivity contribution in [1.82, 2.24) is 28.9 Å². The minimum Gasteiger partial charge on any atom is -1.00 e. The quantitative estimate of drug-likeness (QED) is 0.139. The number of aromatic nitrogens is 4. The molecule has 0 spiro atoms. The van der Waals surface area contributed by atoms with Gasteiger partial charge in [-0.1, -0.05) is 24.3 Å². The van der Waals surface area contributed by atoms with E-state index in [-0.39, 0.29) is 81.1 Å². The number of anilines is 2. The number of aliphatic hydroxyl groups excluding tert-OH is 1. The molecule has 13 nitrogen and oxygen atoms in total. The fraction of sp³-hybridized carbons (Fsp3) is 0.475. The maximum atomic E-state index is 13.2. The first-order valence-corrected chi connectivity index (χ1v) is 18.9. The van der Waals surface area contributed by atoms with E-state index in [1.807, 2.05) is 16.8 Å². The molecule has 0 saturated carbocycles. The van der Waals surface area contributed by atoms with Crippen molar-refractivity contribution in [3.05, 3.63) is 116 Å². The van der Waals surface area contributed by atoms with Crippen LogP contribution in [0.2, 0.25) is 0 Å². The summed E-state index contributed by atoms with van der Waals surface area (Å²) in [5.74, 6) is -0.0226. The van der Waals surface area contributed by atoms with Gasteiger partial charge in [-0.05, 0) is 69.3 Å². The van der Waals surface area contributed by atoms with E-state index in [2.05, 4.69) is 26.8 Å². The Morgan fingerprint density at radius 3 is 1.51 bits per heavy atom. The van der Waals surface area contributed by atoms with Crippen LogP contribution in [0.4, 0.5) is 20.4 Å². The third-order valence-corrected chi connectivity index (χ3v) is 9.63. The van der Waals surface area contributed by atoms with E-state index in [4.69, 9.17) is 9.84 Å². The van der Waals surface area contributed by atoms with Crippen molar-refractivity contribution in [2.45, 2.75) is 45.7 Å². The summed E-state index contributed by atoms with van der Waals surface area (Å²) in [6.07, 6.45) is 5.25. The molecule has 57 heavy (non-hydrogen) atoms. The molecule has 17 heteroatoms. The van der Waals surface area contributed by atoms with E-state index >= 15 is 0 Å². The predicted octanol–water partition coefficient (Wildman–Crippen LogP) is -0.479. The Hall–Kier alpha value is -3.93. The van der Waals surface area contributed by atoms with E-state index in [1.165, 1.54) is 24.3 Å². The number of likely N-dealkylation sites (N-methyl/N-ethyl adjacent to an activating group) is 2. The van der Waals surface area contributed by atoms with Gasteiger partial charge in [0, 0.05) is 86.2 Å². The Kier molecular flexibility index (Phi) is 19.5. The van der Waals surface area contributed by atoms with Crippen molar-refractivity contribution < 1.29 is 54.4 Å². The van der Waals surface area contributed by atoms with E-state index in [0.29, 0.717) is 56.3 Å². The van der Waals surface area contributed by atoms with Gasteiger partial charge in [0.1, 0.15) is 11.6 Å². The number of halogens is 2. The second kappa shape index (κ2) is 23.5. The van der Waals surface area contributed by atoms with Crippen LogP contribution in [0.1, 0.15) is 43.7 Å². The molecule has 3 radical (unpaired) electrons. The van der Waals surface area contributed by atoms with Gasteiger partial charge >= 0.3 is 35.5 Å². The molecule has 0 unspecified atom stereocenters. The molecule has 2 aliphatic heterocycles. The number of hydrogen-bond donors (Lipinski definition) is 1. The molecule has 2 fully saturated rings. The smallest absolute Gasteiger partial charge is 1.00 e. The Balaban J connectivity index is 0.000000382. The molecule has 4 heterocycles. The Morgan fingerprint density at radius 2 is 1.12 bits per heavy atom. The van der Waals surface area contributed by atoms with Crippen LogP contribution in [0.3, 0.4) is 0 Å². The minimum absolute atomic E-state index is 0. The zero-order valence-electron chi connectivity index (χ0n) is 34.6. The summed E-state index contributed by atoms with van der Waals surface area (Å²) in [6, 6.07) is 12.3. The summed E-state index contributed by atoms with van der Waals surface area (Å²) in [4.78, 5) is 55.4. The van der Waals surface area contributed by atoms with E-state index in [1.54, 1.807) is 52.7 Å². The Labute approximate surface area is 358 Å². The van der Waals surface area contributed by atoms with Crippen LogP contribution in [0.25, 0.3) is 0 Å². The van der Waals surface area contributed by atoms with Gasteiger partial charge in [0.2, 0.25) is 0 Å². The molecular weight excluding hydrogens is 744 g/mol. The molecule has 4 aromatic rings. The number of piperazine rings is 2. The van der Waals surface area contributed by atoms with Crippen molar-refractivity contribution in [2.75, 3.05) is 89.5 Å². The second-order valence-corrected chi connectivity index (χ2v) is 13.9. The van der Waals surface area contributed by atoms with Crippen molar-refractivity contribution in [1.29, 1.82) is 0 Å². The number of carbonyl (C=O) groups excluding carboxylic acids is 1. The molecule has 2 aromatic heterocycles. The van der Waals surface area contributed by atoms with Crippen molar-refractivity contribution in [3.8, 4) is 0 Å². The largest absolute Gasteiger partial charge is 1.00 e. The fourth-order valence-electron chi connectivity index (χ4n) is 6.38. The average Bonchev–Trinajstić information content (AvgIpc) is 3.18. The Morgan fingerprint density at radius 1 is 0.719 bits per heavy atom. The number of carbonyl (C=O) groups is 1. The molecule has 6 rings (SSSR count). The molecule has 2 aliphatic rings. The van der Waals surface area contributed by atoms with E-state index in [9.17, 15) is 23.2 Å². The van der Waals surface area contributed by atoms with Crippen molar-refractivity contribution >= 4 is 26.0 Å². The maximum absolute atomic E-state index is 13.2. The number of aryl methyl sites for hydroxylation is 2. The van der Waals surface area contributed by atoms with Gasteiger partial charge in [-0.3, -0.25) is 14.4 Å². The SMILES string of the molecule is CCOC(=O)CCc1cn(Cc2ccc(F)cc2)c(=O)c(N2CCN(C)CC2)n1.CN1CCN(c2nc(CCCO)cn(Cc3ccc(F)cc3)c2=O)CC1.[B].[H-].[Na+]. The van der Waals surface area contributed by atoms with Crippen LogP contribution < -0.4 is 50.5 Å². The van der Waals surface area contributed by atoms with Crippen LogP contribution in [-0.4, -0.2) is 128 Å². The summed E-state index contributed by atoms with van der Waals surface area (Å²) in [5.41, 5.74) is 2.81. The standard InChI is InChI=1S/C21H27FN4O3.C19H25FN4O2.B.Na.H/c1-3-29-19(27)9-8-18-15-26(14-16-4-6-17(22)7-5-16)21(28)20(23-18)25-12-10-24(2)11-13-25;1-22-8-10-23(11-9-22)18-19(26)24(14-17(21-18)3-2-12-25)13-15-4-6-16(20)7-5-15;;;/h4-7,15H,3,8-14H2,1-2H3;4-7,14,25H,2-3,8-13H2,1H3;;;/q;;;+1;-1. The molecule has 0 atom stereocenters.